The van der Waals surface area contributed by atoms with Crippen molar-refractivity contribution in [2.45, 2.75) is 11.8 Å². The maximum Gasteiger partial charge on any atom is 0.280 e. The zero-order chi connectivity index (χ0) is 13.4. The summed E-state index contributed by atoms with van der Waals surface area (Å²) >= 11 is 0. The summed E-state index contributed by atoms with van der Waals surface area (Å²) in [5.74, 6) is 0. The van der Waals surface area contributed by atoms with Crippen molar-refractivity contribution >= 4 is 31.1 Å². The Labute approximate surface area is 99.5 Å². The van der Waals surface area contributed by atoms with Crippen LogP contribution in [-0.4, -0.2) is 18.3 Å². The fourth-order valence-electron chi connectivity index (χ4n) is 1.21. The predicted molar refractivity (Wildman–Crippen MR) is 57.5 cm³/mol. The molecule has 8 nitrogen and oxygen atoms in total. The molecule has 0 heterocycles. The van der Waals surface area contributed by atoms with Gasteiger partial charge in [0.05, 0.1) is 20.8 Å². The monoisotopic (exact) mass is 280 g/mol. The smallest absolute Gasteiger partial charge is 0.258 e. The molecule has 10 heteroatoms. The third kappa shape index (κ3) is 2.68. The van der Waals surface area contributed by atoms with Crippen LogP contribution in [-0.2, 0) is 9.05 Å². The van der Waals surface area contributed by atoms with Gasteiger partial charge in [0.15, 0.2) is 0 Å². The van der Waals surface area contributed by atoms with E-state index in [1.165, 1.54) is 0 Å². The van der Waals surface area contributed by atoms with Gasteiger partial charge in [-0.2, -0.15) is 0 Å². The van der Waals surface area contributed by atoms with Crippen LogP contribution in [0.2, 0.25) is 0 Å². The van der Waals surface area contributed by atoms with Crippen molar-refractivity contribution in [2.75, 3.05) is 0 Å². The summed E-state index contributed by atoms with van der Waals surface area (Å²) in [6, 6.07) is 1.37. The van der Waals surface area contributed by atoms with Gasteiger partial charge in [0.1, 0.15) is 0 Å². The summed E-state index contributed by atoms with van der Waals surface area (Å²) in [7, 11) is 0.762. The van der Waals surface area contributed by atoms with Gasteiger partial charge in [-0.05, 0) is 6.92 Å². The first kappa shape index (κ1) is 13.3. The van der Waals surface area contributed by atoms with E-state index in [0.717, 1.165) is 6.92 Å². The highest BCUT2D eigenvalue weighted by molar-refractivity contribution is 8.13. The molecular formula is C7H5ClN2O6S. The van der Waals surface area contributed by atoms with Crippen molar-refractivity contribution < 1.29 is 18.3 Å². The van der Waals surface area contributed by atoms with Gasteiger partial charge in [-0.15, -0.1) is 0 Å². The van der Waals surface area contributed by atoms with E-state index >= 15 is 0 Å². The standard InChI is InChI=1S/C7H5ClN2O6S/c1-4-6(10(13)14)2-5(9(11)12)3-7(4)17(8,15)16/h2-3H,1H3. The summed E-state index contributed by atoms with van der Waals surface area (Å²) < 4.78 is 22.2. The van der Waals surface area contributed by atoms with E-state index in [4.69, 9.17) is 10.7 Å². The normalized spacial score (nSPS) is 11.2. The van der Waals surface area contributed by atoms with E-state index in [9.17, 15) is 28.6 Å². The minimum absolute atomic E-state index is 0.240. The molecule has 0 radical (unpaired) electrons. The number of halogens is 1. The fraction of sp³-hybridized carbons (Fsp3) is 0.143. The van der Waals surface area contributed by atoms with E-state index < -0.39 is 35.2 Å². The number of benzene rings is 1. The molecule has 0 fully saturated rings. The van der Waals surface area contributed by atoms with Crippen LogP contribution in [0.15, 0.2) is 17.0 Å². The van der Waals surface area contributed by atoms with Crippen LogP contribution in [0, 0.1) is 27.2 Å². The molecule has 0 aliphatic carbocycles. The summed E-state index contributed by atoms with van der Waals surface area (Å²) in [6.07, 6.45) is 0. The molecular weight excluding hydrogens is 276 g/mol. The molecule has 0 spiro atoms. The first-order valence-corrected chi connectivity index (χ1v) is 6.33. The van der Waals surface area contributed by atoms with Crippen molar-refractivity contribution in [1.29, 1.82) is 0 Å². The predicted octanol–water partition coefficient (Wildman–Crippen LogP) is 1.74. The molecule has 0 saturated heterocycles. The molecule has 0 aromatic heterocycles. The van der Waals surface area contributed by atoms with Crippen LogP contribution in [0.5, 0.6) is 0 Å². The number of nitro groups is 2. The van der Waals surface area contributed by atoms with Crippen LogP contribution in [0.25, 0.3) is 0 Å². The lowest BCUT2D eigenvalue weighted by atomic mass is 10.2. The Morgan fingerprint density at radius 1 is 1.18 bits per heavy atom. The quantitative estimate of drug-likeness (QED) is 0.472. The number of hydrogen-bond donors (Lipinski definition) is 0. The van der Waals surface area contributed by atoms with Gasteiger partial charge in [-0.3, -0.25) is 20.2 Å². The van der Waals surface area contributed by atoms with E-state index in [-0.39, 0.29) is 5.56 Å². The first-order chi connectivity index (χ1) is 7.64. The van der Waals surface area contributed by atoms with Crippen molar-refractivity contribution in [1.82, 2.24) is 0 Å². The lowest BCUT2D eigenvalue weighted by Gasteiger charge is -2.02. The van der Waals surface area contributed by atoms with Crippen molar-refractivity contribution in [3.63, 3.8) is 0 Å². The molecule has 1 aromatic carbocycles. The van der Waals surface area contributed by atoms with E-state index in [2.05, 4.69) is 0 Å². The number of nitro benzene ring substituents is 2. The molecule has 0 N–H and O–H groups in total. The Balaban J connectivity index is 3.73. The van der Waals surface area contributed by atoms with Crippen molar-refractivity contribution in [2.24, 2.45) is 0 Å². The van der Waals surface area contributed by atoms with Crippen LogP contribution in [0.4, 0.5) is 11.4 Å². The second-order valence-electron chi connectivity index (χ2n) is 3.04. The van der Waals surface area contributed by atoms with Gasteiger partial charge in [0, 0.05) is 22.3 Å². The minimum atomic E-state index is -4.28. The van der Waals surface area contributed by atoms with Gasteiger partial charge in [0.2, 0.25) is 0 Å². The van der Waals surface area contributed by atoms with Gasteiger partial charge in [0.25, 0.3) is 20.4 Å². The highest BCUT2D eigenvalue weighted by Gasteiger charge is 2.26. The molecule has 92 valence electrons. The second kappa shape index (κ2) is 4.26. The van der Waals surface area contributed by atoms with Crippen LogP contribution in [0.1, 0.15) is 5.56 Å². The summed E-state index contributed by atoms with van der Waals surface area (Å²) in [5.41, 5.74) is -1.62. The largest absolute Gasteiger partial charge is 0.280 e. The fourth-order valence-corrected chi connectivity index (χ4v) is 2.42. The van der Waals surface area contributed by atoms with Crippen LogP contribution >= 0.6 is 10.7 Å². The summed E-state index contributed by atoms with van der Waals surface area (Å²) in [5, 5.41) is 21.1. The highest BCUT2D eigenvalue weighted by atomic mass is 35.7. The average Bonchev–Trinajstić information content (AvgIpc) is 2.15. The maximum absolute atomic E-state index is 11.1. The Hall–Kier alpha value is -1.74. The molecule has 17 heavy (non-hydrogen) atoms. The molecule has 0 saturated carbocycles. The van der Waals surface area contributed by atoms with Crippen LogP contribution < -0.4 is 0 Å². The van der Waals surface area contributed by atoms with Gasteiger partial charge >= 0.3 is 0 Å². The molecule has 0 atom stereocenters. The van der Waals surface area contributed by atoms with Crippen molar-refractivity contribution in [3.8, 4) is 0 Å². The number of hydrogen-bond acceptors (Lipinski definition) is 6. The molecule has 0 unspecified atom stereocenters. The Morgan fingerprint density at radius 3 is 2.06 bits per heavy atom. The number of non-ortho nitro benzene ring substituents is 1. The molecule has 0 bridgehead atoms. The van der Waals surface area contributed by atoms with Crippen LogP contribution in [0.3, 0.4) is 0 Å². The van der Waals surface area contributed by atoms with E-state index in [1.807, 2.05) is 0 Å². The second-order valence-corrected chi connectivity index (χ2v) is 5.57. The topological polar surface area (TPSA) is 120 Å². The summed E-state index contributed by atoms with van der Waals surface area (Å²) in [4.78, 5) is 18.7. The first-order valence-electron chi connectivity index (χ1n) is 4.02. The molecule has 0 amide bonds. The number of rotatable bonds is 3. The van der Waals surface area contributed by atoms with Gasteiger partial charge in [-0.25, -0.2) is 8.42 Å². The van der Waals surface area contributed by atoms with Gasteiger partial charge < -0.3 is 0 Å². The minimum Gasteiger partial charge on any atom is -0.258 e. The van der Waals surface area contributed by atoms with E-state index in [1.54, 1.807) is 0 Å². The third-order valence-corrected chi connectivity index (χ3v) is 3.44. The molecule has 1 aromatic rings. The van der Waals surface area contributed by atoms with Crippen molar-refractivity contribution in [3.05, 3.63) is 37.9 Å². The number of nitrogens with zero attached hydrogens (tertiary/aromatic N) is 2. The molecule has 1 rings (SSSR count). The zero-order valence-electron chi connectivity index (χ0n) is 8.28. The SMILES string of the molecule is Cc1c([N+](=O)[O-])cc([N+](=O)[O-])cc1S(=O)(=O)Cl. The Morgan fingerprint density at radius 2 is 1.71 bits per heavy atom. The highest BCUT2D eigenvalue weighted by Crippen LogP contribution is 2.32. The lowest BCUT2D eigenvalue weighted by Crippen LogP contribution is -2.02. The summed E-state index contributed by atoms with van der Waals surface area (Å²) in [6.45, 7) is 1.15. The van der Waals surface area contributed by atoms with Gasteiger partial charge in [-0.1, -0.05) is 0 Å². The third-order valence-electron chi connectivity index (χ3n) is 1.99. The molecule has 0 aliphatic rings. The molecule has 0 aliphatic heterocycles. The Bertz CT molecular complexity index is 611. The van der Waals surface area contributed by atoms with E-state index in [0.29, 0.717) is 12.1 Å². The lowest BCUT2D eigenvalue weighted by molar-refractivity contribution is -0.394. The average molecular weight is 281 g/mol. The maximum atomic E-state index is 11.1. The zero-order valence-corrected chi connectivity index (χ0v) is 9.86. The Kier molecular flexibility index (Phi) is 3.34.